The SMILES string of the molecule is COc1cccc(-c2nc(C(=O)NCc3ccc4c(c3)OCO4)cs2)c1OC. The van der Waals surface area contributed by atoms with Crippen LogP contribution in [0.3, 0.4) is 0 Å². The Kier molecular flexibility index (Phi) is 5.03. The van der Waals surface area contributed by atoms with Gasteiger partial charge in [-0.1, -0.05) is 12.1 Å². The van der Waals surface area contributed by atoms with Gasteiger partial charge in [0.15, 0.2) is 23.0 Å². The number of rotatable bonds is 6. The summed E-state index contributed by atoms with van der Waals surface area (Å²) in [7, 11) is 3.16. The molecular weight excluding hydrogens is 380 g/mol. The van der Waals surface area contributed by atoms with Gasteiger partial charge in [-0.05, 0) is 29.8 Å². The van der Waals surface area contributed by atoms with Crippen LogP contribution in [-0.4, -0.2) is 31.9 Å². The lowest BCUT2D eigenvalue weighted by Gasteiger charge is -2.10. The molecule has 7 nitrogen and oxygen atoms in total. The Bertz CT molecular complexity index is 1020. The zero-order chi connectivity index (χ0) is 19.5. The van der Waals surface area contributed by atoms with Crippen LogP contribution in [0.1, 0.15) is 16.1 Å². The van der Waals surface area contributed by atoms with Gasteiger partial charge in [0.2, 0.25) is 6.79 Å². The van der Waals surface area contributed by atoms with E-state index in [1.54, 1.807) is 19.6 Å². The van der Waals surface area contributed by atoms with Gasteiger partial charge in [-0.25, -0.2) is 4.98 Å². The highest BCUT2D eigenvalue weighted by Gasteiger charge is 2.18. The molecular formula is C20H18N2O5S. The van der Waals surface area contributed by atoms with E-state index in [0.29, 0.717) is 40.2 Å². The summed E-state index contributed by atoms with van der Waals surface area (Å²) in [5.41, 5.74) is 2.05. The number of ether oxygens (including phenoxy) is 4. The van der Waals surface area contributed by atoms with Gasteiger partial charge in [-0.3, -0.25) is 4.79 Å². The van der Waals surface area contributed by atoms with Crippen molar-refractivity contribution in [1.29, 1.82) is 0 Å². The maximum Gasteiger partial charge on any atom is 0.271 e. The quantitative estimate of drug-likeness (QED) is 0.685. The number of hydrogen-bond donors (Lipinski definition) is 1. The largest absolute Gasteiger partial charge is 0.493 e. The Balaban J connectivity index is 1.48. The number of fused-ring (bicyclic) bond motifs is 1. The second-order valence-electron chi connectivity index (χ2n) is 5.95. The number of nitrogens with one attached hydrogen (secondary N) is 1. The Morgan fingerprint density at radius 3 is 2.86 bits per heavy atom. The maximum absolute atomic E-state index is 12.5. The first-order valence-corrected chi connectivity index (χ1v) is 9.41. The maximum atomic E-state index is 12.5. The van der Waals surface area contributed by atoms with Crippen molar-refractivity contribution in [3.63, 3.8) is 0 Å². The summed E-state index contributed by atoms with van der Waals surface area (Å²) in [6, 6.07) is 11.1. The molecule has 0 saturated carbocycles. The van der Waals surface area contributed by atoms with Crippen LogP contribution in [0.5, 0.6) is 23.0 Å². The van der Waals surface area contributed by atoms with Crippen molar-refractivity contribution in [2.75, 3.05) is 21.0 Å². The van der Waals surface area contributed by atoms with E-state index in [9.17, 15) is 4.79 Å². The molecule has 1 N–H and O–H groups in total. The molecule has 3 aromatic rings. The fourth-order valence-corrected chi connectivity index (χ4v) is 3.70. The lowest BCUT2D eigenvalue weighted by molar-refractivity contribution is 0.0946. The van der Waals surface area contributed by atoms with Crippen molar-refractivity contribution in [3.8, 4) is 33.6 Å². The van der Waals surface area contributed by atoms with Crippen LogP contribution in [0, 0.1) is 0 Å². The van der Waals surface area contributed by atoms with Crippen LogP contribution in [-0.2, 0) is 6.54 Å². The smallest absolute Gasteiger partial charge is 0.271 e. The Morgan fingerprint density at radius 2 is 2.04 bits per heavy atom. The lowest BCUT2D eigenvalue weighted by Crippen LogP contribution is -2.23. The molecule has 0 bridgehead atoms. The summed E-state index contributed by atoms with van der Waals surface area (Å²) >= 11 is 1.37. The number of carbonyl (C=O) groups is 1. The topological polar surface area (TPSA) is 78.9 Å². The van der Waals surface area contributed by atoms with Crippen LogP contribution in [0.15, 0.2) is 41.8 Å². The molecule has 1 aromatic heterocycles. The number of methoxy groups -OCH3 is 2. The third-order valence-electron chi connectivity index (χ3n) is 4.26. The molecule has 1 aliphatic heterocycles. The Hall–Kier alpha value is -3.26. The van der Waals surface area contributed by atoms with Gasteiger partial charge in [-0.15, -0.1) is 11.3 Å². The number of thiazole rings is 1. The first-order valence-electron chi connectivity index (χ1n) is 8.53. The van der Waals surface area contributed by atoms with Gasteiger partial charge in [-0.2, -0.15) is 0 Å². The van der Waals surface area contributed by atoms with E-state index in [1.807, 2.05) is 36.4 Å². The normalized spacial score (nSPS) is 11.9. The number of amides is 1. The lowest BCUT2D eigenvalue weighted by atomic mass is 10.2. The van der Waals surface area contributed by atoms with Crippen molar-refractivity contribution in [1.82, 2.24) is 10.3 Å². The van der Waals surface area contributed by atoms with Gasteiger partial charge in [0.25, 0.3) is 5.91 Å². The molecule has 1 aliphatic rings. The first-order chi connectivity index (χ1) is 13.7. The van der Waals surface area contributed by atoms with Crippen LogP contribution in [0.4, 0.5) is 0 Å². The van der Waals surface area contributed by atoms with E-state index in [2.05, 4.69) is 10.3 Å². The predicted octanol–water partition coefficient (Wildman–Crippen LogP) is 3.49. The molecule has 0 saturated heterocycles. The van der Waals surface area contributed by atoms with E-state index in [1.165, 1.54) is 11.3 Å². The summed E-state index contributed by atoms with van der Waals surface area (Å²) in [6.45, 7) is 0.589. The van der Waals surface area contributed by atoms with Crippen molar-refractivity contribution >= 4 is 17.2 Å². The van der Waals surface area contributed by atoms with Crippen molar-refractivity contribution in [3.05, 3.63) is 53.0 Å². The molecule has 0 fully saturated rings. The van der Waals surface area contributed by atoms with Gasteiger partial charge in [0, 0.05) is 11.9 Å². The molecule has 1 amide bonds. The van der Waals surface area contributed by atoms with Gasteiger partial charge in [0.05, 0.1) is 19.8 Å². The number of carbonyl (C=O) groups excluding carboxylic acids is 1. The molecule has 8 heteroatoms. The molecule has 0 radical (unpaired) electrons. The van der Waals surface area contributed by atoms with Crippen molar-refractivity contribution < 1.29 is 23.7 Å². The molecule has 28 heavy (non-hydrogen) atoms. The third kappa shape index (κ3) is 3.46. The van der Waals surface area contributed by atoms with E-state index in [4.69, 9.17) is 18.9 Å². The van der Waals surface area contributed by atoms with E-state index >= 15 is 0 Å². The number of para-hydroxylation sites is 1. The molecule has 4 rings (SSSR count). The highest BCUT2D eigenvalue weighted by molar-refractivity contribution is 7.13. The third-order valence-corrected chi connectivity index (χ3v) is 5.14. The molecule has 0 aliphatic carbocycles. The van der Waals surface area contributed by atoms with E-state index in [-0.39, 0.29) is 12.7 Å². The summed E-state index contributed by atoms with van der Waals surface area (Å²) in [4.78, 5) is 17.0. The monoisotopic (exact) mass is 398 g/mol. The number of benzene rings is 2. The van der Waals surface area contributed by atoms with Crippen molar-refractivity contribution in [2.24, 2.45) is 0 Å². The molecule has 0 spiro atoms. The van der Waals surface area contributed by atoms with Crippen LogP contribution in [0.25, 0.3) is 10.6 Å². The first kappa shape index (κ1) is 18.1. The average Bonchev–Trinajstić information content (AvgIpc) is 3.40. The fourth-order valence-electron chi connectivity index (χ4n) is 2.88. The van der Waals surface area contributed by atoms with Gasteiger partial charge in [0.1, 0.15) is 10.7 Å². The molecule has 0 atom stereocenters. The second kappa shape index (κ2) is 7.77. The molecule has 0 unspecified atom stereocenters. The number of aromatic nitrogens is 1. The van der Waals surface area contributed by atoms with Crippen LogP contribution >= 0.6 is 11.3 Å². The minimum absolute atomic E-state index is 0.223. The van der Waals surface area contributed by atoms with Crippen LogP contribution < -0.4 is 24.3 Å². The molecule has 2 heterocycles. The fraction of sp³-hybridized carbons (Fsp3) is 0.200. The molecule has 2 aromatic carbocycles. The number of nitrogens with zero attached hydrogens (tertiary/aromatic N) is 1. The van der Waals surface area contributed by atoms with E-state index in [0.717, 1.165) is 11.1 Å². The van der Waals surface area contributed by atoms with Crippen molar-refractivity contribution in [2.45, 2.75) is 6.54 Å². The Morgan fingerprint density at radius 1 is 1.18 bits per heavy atom. The second-order valence-corrected chi connectivity index (χ2v) is 6.81. The van der Waals surface area contributed by atoms with Gasteiger partial charge >= 0.3 is 0 Å². The minimum Gasteiger partial charge on any atom is -0.493 e. The molecule has 144 valence electrons. The minimum atomic E-state index is -0.248. The van der Waals surface area contributed by atoms with E-state index < -0.39 is 0 Å². The predicted molar refractivity (Wildman–Crippen MR) is 104 cm³/mol. The summed E-state index contributed by atoms with van der Waals surface area (Å²) in [5, 5.41) is 5.28. The summed E-state index contributed by atoms with van der Waals surface area (Å²) < 4.78 is 21.4. The summed E-state index contributed by atoms with van der Waals surface area (Å²) in [6.07, 6.45) is 0. The zero-order valence-electron chi connectivity index (χ0n) is 15.4. The number of hydrogen-bond acceptors (Lipinski definition) is 7. The average molecular weight is 398 g/mol. The Labute approximate surface area is 165 Å². The zero-order valence-corrected chi connectivity index (χ0v) is 16.2. The highest BCUT2D eigenvalue weighted by Crippen LogP contribution is 2.39. The standard InChI is InChI=1S/C20H18N2O5S/c1-24-16-5-3-4-13(18(16)25-2)20-22-14(10-28-20)19(23)21-9-12-6-7-15-17(8-12)27-11-26-15/h3-8,10H,9,11H2,1-2H3,(H,21,23). The highest BCUT2D eigenvalue weighted by atomic mass is 32.1. The van der Waals surface area contributed by atoms with Crippen LogP contribution in [0.2, 0.25) is 0 Å². The summed E-state index contributed by atoms with van der Waals surface area (Å²) in [5.74, 6) is 2.36. The van der Waals surface area contributed by atoms with Gasteiger partial charge < -0.3 is 24.3 Å².